The van der Waals surface area contributed by atoms with Gasteiger partial charge in [-0.15, -0.1) is 0 Å². The number of nitrogens with one attached hydrogen (secondary N) is 2. The van der Waals surface area contributed by atoms with Gasteiger partial charge in [0.2, 0.25) is 0 Å². The highest BCUT2D eigenvalue weighted by atomic mass is 32.2. The minimum absolute atomic E-state index is 0.109. The second-order valence-corrected chi connectivity index (χ2v) is 8.85. The first-order valence-electron chi connectivity index (χ1n) is 9.46. The molecule has 2 N–H and O–H groups in total. The van der Waals surface area contributed by atoms with E-state index in [4.69, 9.17) is 0 Å². The van der Waals surface area contributed by atoms with Gasteiger partial charge in [0.15, 0.2) is 0 Å². The van der Waals surface area contributed by atoms with Crippen molar-refractivity contribution >= 4 is 27.3 Å². The standard InChI is InChI=1S/C22H16F6N2O3S/c1-13-10-17(29-20(31)14-4-2-5-15(11-14)21(23,24)25)8-9-19(13)34(32,33)30-18-7-3-6-16(12-18)22(26,27)28/h2-12,30H,1H3,(H,29,31). The smallest absolute Gasteiger partial charge is 0.322 e. The Morgan fingerprint density at radius 3 is 1.94 bits per heavy atom. The normalized spacial score (nSPS) is 12.3. The van der Waals surface area contributed by atoms with E-state index in [0.29, 0.717) is 12.1 Å². The number of benzene rings is 3. The first kappa shape index (κ1) is 25.1. The molecule has 0 aliphatic rings. The SMILES string of the molecule is Cc1cc(NC(=O)c2cccc(C(F)(F)F)c2)ccc1S(=O)(=O)Nc1cccc(C(F)(F)F)c1. The summed E-state index contributed by atoms with van der Waals surface area (Å²) in [6.45, 7) is 1.39. The van der Waals surface area contributed by atoms with Gasteiger partial charge in [-0.05, 0) is 67.1 Å². The molecule has 3 aromatic rings. The lowest BCUT2D eigenvalue weighted by Gasteiger charge is -2.14. The third kappa shape index (κ3) is 5.87. The van der Waals surface area contributed by atoms with Crippen LogP contribution in [0.25, 0.3) is 0 Å². The van der Waals surface area contributed by atoms with Gasteiger partial charge in [0.25, 0.3) is 15.9 Å². The van der Waals surface area contributed by atoms with Crippen LogP contribution in [0.5, 0.6) is 0 Å². The lowest BCUT2D eigenvalue weighted by molar-refractivity contribution is -0.138. The fourth-order valence-corrected chi connectivity index (χ4v) is 4.32. The molecule has 0 radical (unpaired) electrons. The molecular weight excluding hydrogens is 486 g/mol. The van der Waals surface area contributed by atoms with Crippen LogP contribution < -0.4 is 10.0 Å². The van der Waals surface area contributed by atoms with E-state index < -0.39 is 39.4 Å². The molecule has 0 spiro atoms. The van der Waals surface area contributed by atoms with Gasteiger partial charge in [0, 0.05) is 16.9 Å². The maximum Gasteiger partial charge on any atom is 0.416 e. The van der Waals surface area contributed by atoms with Crippen molar-refractivity contribution in [1.82, 2.24) is 0 Å². The predicted molar refractivity (Wildman–Crippen MR) is 113 cm³/mol. The van der Waals surface area contributed by atoms with E-state index in [-0.39, 0.29) is 27.4 Å². The Hall–Kier alpha value is -3.54. The van der Waals surface area contributed by atoms with Crippen molar-refractivity contribution < 1.29 is 39.6 Å². The number of aryl methyl sites for hydroxylation is 1. The van der Waals surface area contributed by atoms with Crippen LogP contribution in [0.4, 0.5) is 37.7 Å². The molecule has 12 heteroatoms. The first-order chi connectivity index (χ1) is 15.7. The number of alkyl halides is 6. The van der Waals surface area contributed by atoms with Crippen LogP contribution in [0.15, 0.2) is 71.6 Å². The number of sulfonamides is 1. The molecule has 0 heterocycles. The molecule has 0 aliphatic heterocycles. The van der Waals surface area contributed by atoms with Crippen molar-refractivity contribution in [2.24, 2.45) is 0 Å². The predicted octanol–water partition coefficient (Wildman–Crippen LogP) is 6.09. The van der Waals surface area contributed by atoms with Crippen LogP contribution in [0, 0.1) is 6.92 Å². The number of rotatable bonds is 5. The van der Waals surface area contributed by atoms with E-state index in [1.54, 1.807) is 0 Å². The molecule has 0 aliphatic carbocycles. The number of hydrogen-bond acceptors (Lipinski definition) is 3. The maximum absolute atomic E-state index is 12.9. The molecule has 34 heavy (non-hydrogen) atoms. The molecule has 3 aromatic carbocycles. The lowest BCUT2D eigenvalue weighted by Crippen LogP contribution is -2.16. The van der Waals surface area contributed by atoms with Crippen molar-refractivity contribution in [1.29, 1.82) is 0 Å². The Morgan fingerprint density at radius 2 is 1.35 bits per heavy atom. The van der Waals surface area contributed by atoms with Crippen LogP contribution in [0.3, 0.4) is 0 Å². The molecule has 0 aromatic heterocycles. The zero-order chi connectivity index (χ0) is 25.3. The number of hydrogen-bond donors (Lipinski definition) is 2. The van der Waals surface area contributed by atoms with E-state index in [1.165, 1.54) is 25.1 Å². The number of carbonyl (C=O) groups is 1. The number of halogens is 6. The summed E-state index contributed by atoms with van der Waals surface area (Å²) in [6, 6.07) is 11.0. The summed E-state index contributed by atoms with van der Waals surface area (Å²) >= 11 is 0. The number of anilines is 2. The van der Waals surface area contributed by atoms with Crippen molar-refractivity contribution in [2.75, 3.05) is 10.0 Å². The van der Waals surface area contributed by atoms with Crippen molar-refractivity contribution in [3.8, 4) is 0 Å². The molecule has 0 saturated carbocycles. The van der Waals surface area contributed by atoms with Crippen LogP contribution in [-0.4, -0.2) is 14.3 Å². The average Bonchev–Trinajstić information content (AvgIpc) is 2.72. The number of amides is 1. The zero-order valence-electron chi connectivity index (χ0n) is 17.3. The third-order valence-electron chi connectivity index (χ3n) is 4.62. The Labute approximate surface area is 190 Å². The second kappa shape index (κ2) is 9.01. The van der Waals surface area contributed by atoms with Gasteiger partial charge in [0.05, 0.1) is 16.0 Å². The summed E-state index contributed by atoms with van der Waals surface area (Å²) in [6.07, 6.45) is -9.29. The quantitative estimate of drug-likeness (QED) is 0.415. The summed E-state index contributed by atoms with van der Waals surface area (Å²) in [4.78, 5) is 12.1. The Balaban J connectivity index is 1.80. The van der Waals surface area contributed by atoms with Gasteiger partial charge >= 0.3 is 12.4 Å². The first-order valence-corrected chi connectivity index (χ1v) is 10.9. The summed E-state index contributed by atoms with van der Waals surface area (Å²) in [5, 5.41) is 2.38. The summed E-state index contributed by atoms with van der Waals surface area (Å²) < 4.78 is 105. The van der Waals surface area contributed by atoms with E-state index in [0.717, 1.165) is 36.4 Å². The zero-order valence-corrected chi connectivity index (χ0v) is 18.1. The highest BCUT2D eigenvalue weighted by molar-refractivity contribution is 7.92. The van der Waals surface area contributed by atoms with Crippen molar-refractivity contribution in [3.05, 3.63) is 89.0 Å². The highest BCUT2D eigenvalue weighted by Gasteiger charge is 2.32. The van der Waals surface area contributed by atoms with Gasteiger partial charge < -0.3 is 5.32 Å². The van der Waals surface area contributed by atoms with Gasteiger partial charge in [-0.25, -0.2) is 8.42 Å². The average molecular weight is 502 g/mol. The molecule has 180 valence electrons. The molecule has 0 atom stereocenters. The van der Waals surface area contributed by atoms with E-state index in [2.05, 4.69) is 10.0 Å². The molecule has 1 amide bonds. The third-order valence-corrected chi connectivity index (χ3v) is 6.16. The van der Waals surface area contributed by atoms with E-state index >= 15 is 0 Å². The topological polar surface area (TPSA) is 75.3 Å². The van der Waals surface area contributed by atoms with Gasteiger partial charge in [-0.3, -0.25) is 9.52 Å². The van der Waals surface area contributed by atoms with Crippen LogP contribution in [0.1, 0.15) is 27.0 Å². The van der Waals surface area contributed by atoms with Crippen molar-refractivity contribution in [2.45, 2.75) is 24.2 Å². The van der Waals surface area contributed by atoms with E-state index in [9.17, 15) is 39.6 Å². The van der Waals surface area contributed by atoms with E-state index in [1.807, 2.05) is 0 Å². The Morgan fingerprint density at radius 1 is 0.765 bits per heavy atom. The largest absolute Gasteiger partial charge is 0.416 e. The van der Waals surface area contributed by atoms with Crippen LogP contribution >= 0.6 is 0 Å². The van der Waals surface area contributed by atoms with Crippen LogP contribution in [0.2, 0.25) is 0 Å². The fourth-order valence-electron chi connectivity index (χ4n) is 3.04. The molecule has 0 fully saturated rings. The minimum atomic E-state index is -4.66. The lowest BCUT2D eigenvalue weighted by atomic mass is 10.1. The molecule has 0 bridgehead atoms. The summed E-state index contributed by atoms with van der Waals surface area (Å²) in [5.74, 6) is -0.844. The molecule has 3 rings (SSSR count). The molecule has 0 unspecified atom stereocenters. The fraction of sp³-hybridized carbons (Fsp3) is 0.136. The molecular formula is C22H16F6N2O3S. The molecule has 0 saturated heterocycles. The van der Waals surface area contributed by atoms with Crippen molar-refractivity contribution in [3.63, 3.8) is 0 Å². The highest BCUT2D eigenvalue weighted by Crippen LogP contribution is 2.32. The Kier molecular flexibility index (Phi) is 6.65. The minimum Gasteiger partial charge on any atom is -0.322 e. The van der Waals surface area contributed by atoms with Gasteiger partial charge in [-0.1, -0.05) is 12.1 Å². The summed E-state index contributed by atoms with van der Waals surface area (Å²) in [7, 11) is -4.28. The monoisotopic (exact) mass is 502 g/mol. The summed E-state index contributed by atoms with van der Waals surface area (Å²) in [5.41, 5.74) is -2.33. The Bertz CT molecular complexity index is 1330. The number of carbonyl (C=O) groups excluding carboxylic acids is 1. The van der Waals surface area contributed by atoms with Crippen LogP contribution in [-0.2, 0) is 22.4 Å². The van der Waals surface area contributed by atoms with Gasteiger partial charge in [-0.2, -0.15) is 26.3 Å². The maximum atomic E-state index is 12.9. The molecule has 5 nitrogen and oxygen atoms in total. The second-order valence-electron chi connectivity index (χ2n) is 7.20. The van der Waals surface area contributed by atoms with Gasteiger partial charge in [0.1, 0.15) is 0 Å².